The molecule has 0 unspecified atom stereocenters. The van der Waals surface area contributed by atoms with Crippen molar-refractivity contribution in [1.82, 2.24) is 0 Å². The number of thiol groups is 1. The van der Waals surface area contributed by atoms with E-state index in [4.69, 9.17) is 4.74 Å². The van der Waals surface area contributed by atoms with Crippen molar-refractivity contribution < 1.29 is 9.53 Å². The summed E-state index contributed by atoms with van der Waals surface area (Å²) in [7, 11) is 1.57. The molecule has 0 radical (unpaired) electrons. The Morgan fingerprint density at radius 2 is 2.17 bits per heavy atom. The van der Waals surface area contributed by atoms with Crippen molar-refractivity contribution in [1.29, 1.82) is 0 Å². The predicted octanol–water partition coefficient (Wildman–Crippen LogP) is 2.19. The first-order chi connectivity index (χ1) is 5.65. The van der Waals surface area contributed by atoms with E-state index in [1.165, 1.54) is 6.92 Å². The molecule has 1 aromatic rings. The number of hydrogen-bond donors (Lipinski definition) is 1. The maximum atomic E-state index is 11.0. The molecule has 0 amide bonds. The van der Waals surface area contributed by atoms with Gasteiger partial charge >= 0.3 is 0 Å². The van der Waals surface area contributed by atoms with Crippen LogP contribution in [-0.4, -0.2) is 12.9 Å². The van der Waals surface area contributed by atoms with Crippen LogP contribution >= 0.6 is 12.6 Å². The van der Waals surface area contributed by atoms with Crippen LogP contribution in [0.3, 0.4) is 0 Å². The third-order valence-corrected chi connectivity index (χ3v) is 1.97. The molecule has 0 heterocycles. The molecule has 2 nitrogen and oxygen atoms in total. The minimum Gasteiger partial charge on any atom is -0.497 e. The molecule has 3 heteroatoms. The average molecular weight is 182 g/mol. The van der Waals surface area contributed by atoms with Crippen molar-refractivity contribution in [2.24, 2.45) is 0 Å². The van der Waals surface area contributed by atoms with E-state index < -0.39 is 0 Å². The second kappa shape index (κ2) is 3.63. The first-order valence-corrected chi connectivity index (χ1v) is 3.98. The van der Waals surface area contributed by atoms with Crippen LogP contribution in [0.5, 0.6) is 5.75 Å². The molecule has 1 rings (SSSR count). The Hall–Kier alpha value is -0.960. The smallest absolute Gasteiger partial charge is 0.161 e. The molecule has 0 aliphatic rings. The lowest BCUT2D eigenvalue weighted by Crippen LogP contribution is -1.94. The number of carbonyl (C=O) groups is 1. The number of ether oxygens (including phenoxy) is 1. The summed E-state index contributed by atoms with van der Waals surface area (Å²) in [4.78, 5) is 11.7. The van der Waals surface area contributed by atoms with Crippen molar-refractivity contribution in [3.8, 4) is 5.75 Å². The van der Waals surface area contributed by atoms with E-state index in [2.05, 4.69) is 12.6 Å². The molecule has 0 saturated heterocycles. The summed E-state index contributed by atoms with van der Waals surface area (Å²) in [6, 6.07) is 5.21. The van der Waals surface area contributed by atoms with E-state index in [9.17, 15) is 4.79 Å². The Bertz CT molecular complexity index is 307. The zero-order chi connectivity index (χ0) is 9.14. The molecule has 64 valence electrons. The van der Waals surface area contributed by atoms with Gasteiger partial charge in [0, 0.05) is 10.5 Å². The third-order valence-electron chi connectivity index (χ3n) is 1.58. The fourth-order valence-corrected chi connectivity index (χ4v) is 1.22. The molecule has 0 aliphatic heterocycles. The normalized spacial score (nSPS) is 9.58. The SMILES string of the molecule is COc1ccc(S)c(C(C)=O)c1. The zero-order valence-electron chi connectivity index (χ0n) is 7.00. The number of hydrogen-bond acceptors (Lipinski definition) is 3. The lowest BCUT2D eigenvalue weighted by atomic mass is 10.1. The number of methoxy groups -OCH3 is 1. The quantitative estimate of drug-likeness (QED) is 0.560. The Morgan fingerprint density at radius 1 is 1.50 bits per heavy atom. The zero-order valence-corrected chi connectivity index (χ0v) is 7.89. The highest BCUT2D eigenvalue weighted by atomic mass is 32.1. The number of carbonyl (C=O) groups excluding carboxylic acids is 1. The molecule has 0 fully saturated rings. The Labute approximate surface area is 77.0 Å². The summed E-state index contributed by atoms with van der Waals surface area (Å²) < 4.78 is 4.97. The van der Waals surface area contributed by atoms with Crippen molar-refractivity contribution in [2.45, 2.75) is 11.8 Å². The predicted molar refractivity (Wildman–Crippen MR) is 50.3 cm³/mol. The van der Waals surface area contributed by atoms with E-state index in [0.29, 0.717) is 16.2 Å². The van der Waals surface area contributed by atoms with Crippen LogP contribution in [0.25, 0.3) is 0 Å². The van der Waals surface area contributed by atoms with Gasteiger partial charge in [0.15, 0.2) is 5.78 Å². The van der Waals surface area contributed by atoms with Gasteiger partial charge in [0.1, 0.15) is 5.75 Å². The third kappa shape index (κ3) is 1.80. The van der Waals surface area contributed by atoms with Crippen molar-refractivity contribution in [3.05, 3.63) is 23.8 Å². The van der Waals surface area contributed by atoms with Gasteiger partial charge in [-0.1, -0.05) is 0 Å². The van der Waals surface area contributed by atoms with Gasteiger partial charge in [-0.2, -0.15) is 0 Å². The lowest BCUT2D eigenvalue weighted by Gasteiger charge is -2.03. The first-order valence-electron chi connectivity index (χ1n) is 3.53. The van der Waals surface area contributed by atoms with Crippen LogP contribution in [0, 0.1) is 0 Å². The van der Waals surface area contributed by atoms with Crippen molar-refractivity contribution in [3.63, 3.8) is 0 Å². The summed E-state index contributed by atoms with van der Waals surface area (Å²) in [5, 5.41) is 0. The number of rotatable bonds is 2. The summed E-state index contributed by atoms with van der Waals surface area (Å²) in [5.74, 6) is 0.678. The molecular weight excluding hydrogens is 172 g/mol. The summed E-state index contributed by atoms with van der Waals surface area (Å²) in [6.45, 7) is 1.51. The summed E-state index contributed by atoms with van der Waals surface area (Å²) >= 11 is 4.15. The maximum absolute atomic E-state index is 11.0. The molecule has 0 atom stereocenters. The Morgan fingerprint density at radius 3 is 2.67 bits per heavy atom. The van der Waals surface area contributed by atoms with Crippen LogP contribution in [0.2, 0.25) is 0 Å². The second-order valence-electron chi connectivity index (χ2n) is 2.44. The van der Waals surface area contributed by atoms with Gasteiger partial charge in [0.25, 0.3) is 0 Å². The number of Topliss-reactive ketones (excluding diaryl/α,β-unsaturated/α-hetero) is 1. The van der Waals surface area contributed by atoms with Crippen molar-refractivity contribution >= 4 is 18.4 Å². The first kappa shape index (κ1) is 9.13. The minimum atomic E-state index is -0.00102. The molecule has 0 N–H and O–H groups in total. The van der Waals surface area contributed by atoms with Gasteiger partial charge in [0.2, 0.25) is 0 Å². The topological polar surface area (TPSA) is 26.3 Å². The Balaban J connectivity index is 3.17. The largest absolute Gasteiger partial charge is 0.497 e. The number of ketones is 1. The van der Waals surface area contributed by atoms with Gasteiger partial charge in [-0.15, -0.1) is 12.6 Å². The highest BCUT2D eigenvalue weighted by molar-refractivity contribution is 7.80. The molecule has 0 saturated carbocycles. The fourth-order valence-electron chi connectivity index (χ4n) is 0.924. The van der Waals surface area contributed by atoms with Gasteiger partial charge < -0.3 is 4.74 Å². The van der Waals surface area contributed by atoms with Gasteiger partial charge in [0.05, 0.1) is 7.11 Å². The number of benzene rings is 1. The molecule has 12 heavy (non-hydrogen) atoms. The van der Waals surface area contributed by atoms with Crippen LogP contribution in [0.15, 0.2) is 23.1 Å². The monoisotopic (exact) mass is 182 g/mol. The lowest BCUT2D eigenvalue weighted by molar-refractivity contribution is 0.101. The highest BCUT2D eigenvalue weighted by Gasteiger charge is 2.05. The van der Waals surface area contributed by atoms with E-state index in [-0.39, 0.29) is 5.78 Å². The fraction of sp³-hybridized carbons (Fsp3) is 0.222. The van der Waals surface area contributed by atoms with Gasteiger partial charge in [-0.05, 0) is 25.1 Å². The Kier molecular flexibility index (Phi) is 2.76. The standard InChI is InChI=1S/C9H10O2S/c1-6(10)8-5-7(11-2)3-4-9(8)12/h3-5,12H,1-2H3. The van der Waals surface area contributed by atoms with Crippen molar-refractivity contribution in [2.75, 3.05) is 7.11 Å². The maximum Gasteiger partial charge on any atom is 0.161 e. The molecule has 0 bridgehead atoms. The highest BCUT2D eigenvalue weighted by Crippen LogP contribution is 2.20. The van der Waals surface area contributed by atoms with E-state index >= 15 is 0 Å². The molecule has 0 aliphatic carbocycles. The molecule has 0 aromatic heterocycles. The second-order valence-corrected chi connectivity index (χ2v) is 2.92. The summed E-state index contributed by atoms with van der Waals surface area (Å²) in [5.41, 5.74) is 0.595. The van der Waals surface area contributed by atoms with E-state index in [1.54, 1.807) is 25.3 Å². The molecule has 0 spiro atoms. The van der Waals surface area contributed by atoms with Gasteiger partial charge in [-0.25, -0.2) is 0 Å². The van der Waals surface area contributed by atoms with Crippen LogP contribution in [0.4, 0.5) is 0 Å². The average Bonchev–Trinajstić information content (AvgIpc) is 2.05. The minimum absolute atomic E-state index is 0.00102. The molecular formula is C9H10O2S. The van der Waals surface area contributed by atoms with Crippen LogP contribution in [-0.2, 0) is 0 Å². The van der Waals surface area contributed by atoms with Gasteiger partial charge in [-0.3, -0.25) is 4.79 Å². The van der Waals surface area contributed by atoms with Crippen LogP contribution < -0.4 is 4.74 Å². The summed E-state index contributed by atoms with van der Waals surface area (Å²) in [6.07, 6.45) is 0. The van der Waals surface area contributed by atoms with E-state index in [1.807, 2.05) is 0 Å². The molecule has 1 aromatic carbocycles. The van der Waals surface area contributed by atoms with E-state index in [0.717, 1.165) is 0 Å². The van der Waals surface area contributed by atoms with Crippen LogP contribution in [0.1, 0.15) is 17.3 Å².